The molecule has 1 aromatic heterocycles. The molecule has 1 atom stereocenters. The zero-order valence-electron chi connectivity index (χ0n) is 51.6. The molecule has 80 heavy (non-hydrogen) atoms. The molecule has 420 valence electrons. The van der Waals surface area contributed by atoms with Gasteiger partial charge in [-0.05, 0) is 148 Å². The fourth-order valence-corrected chi connectivity index (χ4v) is 17.0. The van der Waals surface area contributed by atoms with Crippen LogP contribution in [0, 0.1) is 41.5 Å². The highest BCUT2D eigenvalue weighted by atomic mass is 31.2. The van der Waals surface area contributed by atoms with Crippen molar-refractivity contribution in [3.05, 3.63) is 158 Å². The predicted molar refractivity (Wildman–Crippen MR) is 345 cm³/mol. The molecule has 1 unspecified atom stereocenters. The Labute approximate surface area is 481 Å². The molecule has 0 bridgehead atoms. The average molecular weight is 1140 g/mol. The molecule has 0 saturated carbocycles. The molecule has 11 heteroatoms. The molecule has 1 aliphatic heterocycles. The highest BCUT2D eigenvalue weighted by Gasteiger charge is 2.39. The Hall–Kier alpha value is -5.83. The number of aryl methyl sites for hydroxylation is 6. The minimum Gasteiger partial charge on any atom is -0.408 e. The van der Waals surface area contributed by atoms with Gasteiger partial charge in [0.1, 0.15) is 34.0 Å². The van der Waals surface area contributed by atoms with Crippen LogP contribution in [0.3, 0.4) is 0 Å². The summed E-state index contributed by atoms with van der Waals surface area (Å²) < 4.78 is 43.3. The molecule has 0 N–H and O–H groups in total. The SMILES string of the molecule is Cc1cc(C)c(-c2cc(-c3cc(-c4c(C)cc(C)cc4C)cc([Si](C)(C)C)c3Op3oc4c(C(C)(C)C)cccc4c4cccc(C(C)(C)C)c4o3)c(OP3OC(=O)c4cc(C(C)C)cc(C(C)C)c4O3)c([Si](C)(C)C)c2)c(C)c1. The van der Waals surface area contributed by atoms with Crippen LogP contribution in [0.5, 0.6) is 17.2 Å². The number of benzene rings is 7. The number of rotatable bonds is 11. The first kappa shape index (κ1) is 58.8. The van der Waals surface area contributed by atoms with Gasteiger partial charge < -0.3 is 26.5 Å². The van der Waals surface area contributed by atoms with E-state index in [0.717, 1.165) is 82.4 Å². The second-order valence-corrected chi connectivity index (χ2v) is 39.4. The first-order valence-corrected chi connectivity index (χ1v) is 37.6. The minimum absolute atomic E-state index is 0.0722. The van der Waals surface area contributed by atoms with Gasteiger partial charge in [0.05, 0.1) is 16.1 Å². The van der Waals surface area contributed by atoms with Crippen molar-refractivity contribution in [2.75, 3.05) is 0 Å². The molecule has 0 radical (unpaired) electrons. The van der Waals surface area contributed by atoms with Crippen LogP contribution in [0.1, 0.15) is 147 Å². The van der Waals surface area contributed by atoms with Crippen molar-refractivity contribution in [1.82, 2.24) is 0 Å². The van der Waals surface area contributed by atoms with Crippen molar-refractivity contribution in [2.45, 2.75) is 173 Å². The van der Waals surface area contributed by atoms with E-state index in [-0.39, 0.29) is 22.7 Å². The Morgan fingerprint density at radius 1 is 0.500 bits per heavy atom. The maximum Gasteiger partial charge on any atom is 0.532 e. The standard InChI is InChI=1S/C69H84O7P2Si2/c1-39(2)47-33-52(40(3)4)62-55(34-47)67(70)76-78(71-62)75-66-54(36-49(38-59(66)80(20,21)22)61-45(9)31-42(6)32-46(61)10)53-35-48(60-43(7)29-41(5)30-44(60)8)37-58(79(17,18)19)65(53)74-77-72-63-50(25-23-27-56(63)68(11,12)13)51-26-24-28-57(64(51)73-77)69(14,15)16/h23-40H,1-22H3. The van der Waals surface area contributed by atoms with E-state index < -0.39 is 39.0 Å². The van der Waals surface area contributed by atoms with Crippen LogP contribution in [0.4, 0.5) is 0 Å². The van der Waals surface area contributed by atoms with Gasteiger partial charge in [-0.1, -0.05) is 199 Å². The third-order valence-corrected chi connectivity index (χ3v) is 21.5. The Kier molecular flexibility index (Phi) is 15.8. The monoisotopic (exact) mass is 1140 g/mol. The van der Waals surface area contributed by atoms with Crippen molar-refractivity contribution < 1.29 is 31.3 Å². The molecule has 7 aromatic carbocycles. The number of fused-ring (bicyclic) bond motifs is 4. The van der Waals surface area contributed by atoms with E-state index in [0.29, 0.717) is 22.8 Å². The normalized spacial score (nSPS) is 14.2. The van der Waals surface area contributed by atoms with Gasteiger partial charge in [-0.15, -0.1) is 0 Å². The quantitative estimate of drug-likeness (QED) is 0.0943. The predicted octanol–water partition coefficient (Wildman–Crippen LogP) is 20.8. The summed E-state index contributed by atoms with van der Waals surface area (Å²) in [4.78, 5) is 14.5. The third-order valence-electron chi connectivity index (χ3n) is 15.6. The molecule has 1 aliphatic rings. The largest absolute Gasteiger partial charge is 0.532 e. The van der Waals surface area contributed by atoms with E-state index in [4.69, 9.17) is 26.5 Å². The number of hydrogen-bond donors (Lipinski definition) is 0. The summed E-state index contributed by atoms with van der Waals surface area (Å²) in [7, 11) is -9.33. The third kappa shape index (κ3) is 11.5. The molecular formula is C69H84O7P2Si2. The van der Waals surface area contributed by atoms with Crippen LogP contribution in [0.15, 0.2) is 105 Å². The summed E-state index contributed by atoms with van der Waals surface area (Å²) in [5.41, 5.74) is 18.8. The van der Waals surface area contributed by atoms with E-state index in [2.05, 4.69) is 241 Å². The highest BCUT2D eigenvalue weighted by molar-refractivity contribution is 7.43. The second-order valence-electron chi connectivity index (χ2n) is 27.3. The summed E-state index contributed by atoms with van der Waals surface area (Å²) in [5, 5.41) is 4.10. The zero-order chi connectivity index (χ0) is 58.5. The van der Waals surface area contributed by atoms with Crippen molar-refractivity contribution in [1.29, 1.82) is 0 Å². The van der Waals surface area contributed by atoms with Gasteiger partial charge in [0.15, 0.2) is 0 Å². The Balaban J connectivity index is 1.45. The summed E-state index contributed by atoms with van der Waals surface area (Å²) in [6, 6.07) is 35.4. The average Bonchev–Trinajstić information content (AvgIpc) is 3.48. The minimum atomic E-state index is -2.41. The van der Waals surface area contributed by atoms with Gasteiger partial charge in [-0.25, -0.2) is 4.79 Å². The summed E-state index contributed by atoms with van der Waals surface area (Å²) >= 11 is 0. The van der Waals surface area contributed by atoms with Crippen LogP contribution in [-0.2, 0) is 15.4 Å². The maximum atomic E-state index is 14.5. The van der Waals surface area contributed by atoms with Crippen LogP contribution < -0.4 is 23.9 Å². The van der Waals surface area contributed by atoms with Gasteiger partial charge in [0.25, 0.3) is 0 Å². The van der Waals surface area contributed by atoms with E-state index in [1.165, 1.54) is 38.9 Å². The maximum absolute atomic E-state index is 14.5. The summed E-state index contributed by atoms with van der Waals surface area (Å²) in [5.74, 6) is 1.64. The smallest absolute Gasteiger partial charge is 0.408 e. The van der Waals surface area contributed by atoms with Gasteiger partial charge in [0.2, 0.25) is 0 Å². The summed E-state index contributed by atoms with van der Waals surface area (Å²) in [6.45, 7) is 49.3. The second kappa shape index (κ2) is 21.5. The Morgan fingerprint density at radius 3 is 1.31 bits per heavy atom. The number of carbonyl (C=O) groups is 1. The van der Waals surface area contributed by atoms with E-state index >= 15 is 0 Å². The number of hydrogen-bond acceptors (Lipinski definition) is 7. The fraction of sp³-hybridized carbons (Fsp3) is 0.377. The molecule has 9 rings (SSSR count). The first-order valence-electron chi connectivity index (χ1n) is 28.4. The van der Waals surface area contributed by atoms with Crippen molar-refractivity contribution in [2.24, 2.45) is 0 Å². The van der Waals surface area contributed by atoms with Crippen LogP contribution in [0.2, 0.25) is 39.3 Å². The van der Waals surface area contributed by atoms with Crippen LogP contribution in [0.25, 0.3) is 55.3 Å². The Bertz CT molecular complexity index is 3700. The van der Waals surface area contributed by atoms with Crippen LogP contribution in [-0.4, -0.2) is 22.1 Å². The molecule has 8 aromatic rings. The molecule has 0 amide bonds. The van der Waals surface area contributed by atoms with Gasteiger partial charge in [-0.3, -0.25) is 0 Å². The first-order chi connectivity index (χ1) is 37.2. The van der Waals surface area contributed by atoms with Gasteiger partial charge in [-0.2, -0.15) is 0 Å². The zero-order valence-corrected chi connectivity index (χ0v) is 55.4. The number of carbonyl (C=O) groups excluding carboxylic acids is 1. The Morgan fingerprint density at radius 2 is 0.925 bits per heavy atom. The van der Waals surface area contributed by atoms with Gasteiger partial charge >= 0.3 is 22.8 Å². The summed E-state index contributed by atoms with van der Waals surface area (Å²) in [6.07, 6.45) is 0. The molecular weight excluding hydrogens is 1060 g/mol. The molecule has 0 saturated heterocycles. The van der Waals surface area contributed by atoms with E-state index in [1.807, 2.05) is 6.07 Å². The lowest BCUT2D eigenvalue weighted by Gasteiger charge is -2.31. The van der Waals surface area contributed by atoms with E-state index in [1.54, 1.807) is 0 Å². The fourth-order valence-electron chi connectivity index (χ4n) is 11.7. The molecule has 0 spiro atoms. The van der Waals surface area contributed by atoms with E-state index in [9.17, 15) is 4.79 Å². The lowest BCUT2D eigenvalue weighted by Crippen LogP contribution is -2.40. The van der Waals surface area contributed by atoms with Crippen LogP contribution >= 0.6 is 16.8 Å². The lowest BCUT2D eigenvalue weighted by atomic mass is 9.84. The molecule has 0 aliphatic carbocycles. The molecule has 0 fully saturated rings. The van der Waals surface area contributed by atoms with Crippen molar-refractivity contribution >= 4 is 71.3 Å². The molecule has 2 heterocycles. The number of para-hydroxylation sites is 2. The highest BCUT2D eigenvalue weighted by Crippen LogP contribution is 2.54. The van der Waals surface area contributed by atoms with Crippen molar-refractivity contribution in [3.8, 4) is 50.6 Å². The van der Waals surface area contributed by atoms with Crippen molar-refractivity contribution in [3.63, 3.8) is 0 Å². The lowest BCUT2D eigenvalue weighted by molar-refractivity contribution is 0.0696. The molecule has 7 nitrogen and oxygen atoms in total. The van der Waals surface area contributed by atoms with Gasteiger partial charge in [0, 0.05) is 33.0 Å². The topological polar surface area (TPSA) is 80.3 Å².